The summed E-state index contributed by atoms with van der Waals surface area (Å²) in [6, 6.07) is 0. The Kier molecular flexibility index (Phi) is 1.64. The summed E-state index contributed by atoms with van der Waals surface area (Å²) in [6.45, 7) is 0. The highest BCUT2D eigenvalue weighted by molar-refractivity contribution is 9.10. The molecule has 0 fully saturated rings. The minimum absolute atomic E-state index is 0.365. The highest BCUT2D eigenvalue weighted by Crippen LogP contribution is 2.22. The van der Waals surface area contributed by atoms with Gasteiger partial charge in [-0.05, 0) is 12.5 Å². The van der Waals surface area contributed by atoms with E-state index >= 15 is 0 Å². The normalized spacial score (nSPS) is 34.2. The lowest BCUT2D eigenvalue weighted by molar-refractivity contribution is 0.767. The number of rotatable bonds is 0. The van der Waals surface area contributed by atoms with Crippen LogP contribution in [0.3, 0.4) is 0 Å². The van der Waals surface area contributed by atoms with Gasteiger partial charge in [-0.1, -0.05) is 28.1 Å². The van der Waals surface area contributed by atoms with Crippen LogP contribution >= 0.6 is 15.9 Å². The highest BCUT2D eigenvalue weighted by atomic mass is 79.9. The molecule has 0 bridgehead atoms. The van der Waals surface area contributed by atoms with E-state index in [1.807, 2.05) is 12.2 Å². The molecule has 0 aromatic heterocycles. The Balaban J connectivity index is 2.70. The van der Waals surface area contributed by atoms with Crippen molar-refractivity contribution in [3.63, 3.8) is 0 Å². The molecule has 0 saturated carbocycles. The van der Waals surface area contributed by atoms with E-state index in [9.17, 15) is 0 Å². The zero-order chi connectivity index (χ0) is 6.91. The molecular weight excluding hydrogens is 180 g/mol. The van der Waals surface area contributed by atoms with Crippen molar-refractivity contribution in [3.8, 4) is 0 Å². The SMILES string of the molecule is NC1=CCC(N)(Br)C=C1. The quantitative estimate of drug-likeness (QED) is 0.438. The lowest BCUT2D eigenvalue weighted by Crippen LogP contribution is -2.30. The largest absolute Gasteiger partial charge is 0.399 e. The molecule has 50 valence electrons. The molecule has 2 nitrogen and oxygen atoms in total. The van der Waals surface area contributed by atoms with Crippen molar-refractivity contribution in [1.82, 2.24) is 0 Å². The van der Waals surface area contributed by atoms with Gasteiger partial charge in [0, 0.05) is 5.70 Å². The van der Waals surface area contributed by atoms with E-state index in [2.05, 4.69) is 15.9 Å². The van der Waals surface area contributed by atoms with Crippen molar-refractivity contribution < 1.29 is 0 Å². The minimum Gasteiger partial charge on any atom is -0.399 e. The van der Waals surface area contributed by atoms with Gasteiger partial charge in [-0.3, -0.25) is 0 Å². The van der Waals surface area contributed by atoms with Gasteiger partial charge in [0.25, 0.3) is 0 Å². The van der Waals surface area contributed by atoms with Crippen LogP contribution < -0.4 is 11.5 Å². The van der Waals surface area contributed by atoms with Gasteiger partial charge >= 0.3 is 0 Å². The van der Waals surface area contributed by atoms with E-state index < -0.39 is 0 Å². The second kappa shape index (κ2) is 2.15. The van der Waals surface area contributed by atoms with Crippen LogP contribution in [0.2, 0.25) is 0 Å². The van der Waals surface area contributed by atoms with Crippen molar-refractivity contribution >= 4 is 15.9 Å². The topological polar surface area (TPSA) is 52.0 Å². The first-order valence-electron chi connectivity index (χ1n) is 2.73. The summed E-state index contributed by atoms with van der Waals surface area (Å²) < 4.78 is -0.365. The van der Waals surface area contributed by atoms with Crippen LogP contribution in [0.4, 0.5) is 0 Å². The number of alkyl halides is 1. The fourth-order valence-corrected chi connectivity index (χ4v) is 0.939. The lowest BCUT2D eigenvalue weighted by atomic mass is 10.1. The Morgan fingerprint density at radius 2 is 2.33 bits per heavy atom. The van der Waals surface area contributed by atoms with Gasteiger partial charge in [-0.15, -0.1) is 0 Å². The highest BCUT2D eigenvalue weighted by Gasteiger charge is 2.17. The van der Waals surface area contributed by atoms with Gasteiger partial charge in [-0.25, -0.2) is 0 Å². The molecule has 0 saturated heterocycles. The van der Waals surface area contributed by atoms with Crippen LogP contribution in [0.15, 0.2) is 23.9 Å². The molecule has 1 rings (SSSR count). The number of halogens is 1. The van der Waals surface area contributed by atoms with E-state index in [0.29, 0.717) is 0 Å². The van der Waals surface area contributed by atoms with Gasteiger partial charge in [0.1, 0.15) is 0 Å². The molecule has 0 aliphatic heterocycles. The van der Waals surface area contributed by atoms with Gasteiger partial charge in [0.2, 0.25) is 0 Å². The third-order valence-electron chi connectivity index (χ3n) is 1.20. The van der Waals surface area contributed by atoms with Crippen molar-refractivity contribution in [3.05, 3.63) is 23.9 Å². The van der Waals surface area contributed by atoms with Crippen molar-refractivity contribution in [2.45, 2.75) is 10.9 Å². The van der Waals surface area contributed by atoms with E-state index in [-0.39, 0.29) is 4.45 Å². The van der Waals surface area contributed by atoms with Crippen molar-refractivity contribution in [1.29, 1.82) is 0 Å². The zero-order valence-electron chi connectivity index (χ0n) is 4.97. The molecule has 1 atom stereocenters. The van der Waals surface area contributed by atoms with E-state index in [0.717, 1.165) is 12.1 Å². The Morgan fingerprint density at radius 3 is 2.67 bits per heavy atom. The maximum Gasteiger partial charge on any atom is 0.0941 e. The van der Waals surface area contributed by atoms with Crippen LogP contribution in [0.5, 0.6) is 0 Å². The van der Waals surface area contributed by atoms with Gasteiger partial charge in [-0.2, -0.15) is 0 Å². The fourth-order valence-electron chi connectivity index (χ4n) is 0.645. The van der Waals surface area contributed by atoms with E-state index in [1.54, 1.807) is 6.08 Å². The van der Waals surface area contributed by atoms with Crippen LogP contribution in [0.25, 0.3) is 0 Å². The first-order valence-corrected chi connectivity index (χ1v) is 3.52. The third-order valence-corrected chi connectivity index (χ3v) is 1.79. The standard InChI is InChI=1S/C6H9BrN2/c7-6(9)3-1-5(8)2-4-6/h1-3H,4,8-9H2. The average Bonchev–Trinajstić information content (AvgIpc) is 1.78. The fraction of sp³-hybridized carbons (Fsp3) is 0.333. The number of hydrogen-bond acceptors (Lipinski definition) is 2. The molecule has 0 aromatic rings. The monoisotopic (exact) mass is 188 g/mol. The summed E-state index contributed by atoms with van der Waals surface area (Å²) in [6.07, 6.45) is 6.31. The van der Waals surface area contributed by atoms with Crippen molar-refractivity contribution in [2.24, 2.45) is 11.5 Å². The molecule has 0 heterocycles. The molecule has 1 aliphatic rings. The Morgan fingerprint density at radius 1 is 1.67 bits per heavy atom. The Labute approximate surface area is 62.7 Å². The van der Waals surface area contributed by atoms with Crippen LogP contribution in [-0.4, -0.2) is 4.45 Å². The van der Waals surface area contributed by atoms with E-state index in [1.165, 1.54) is 0 Å². The smallest absolute Gasteiger partial charge is 0.0941 e. The number of allylic oxidation sites excluding steroid dienone is 1. The zero-order valence-corrected chi connectivity index (χ0v) is 6.56. The average molecular weight is 189 g/mol. The predicted octanol–water partition coefficient (Wildman–Crippen LogP) is 0.839. The molecule has 3 heteroatoms. The summed E-state index contributed by atoms with van der Waals surface area (Å²) in [7, 11) is 0. The first kappa shape index (κ1) is 6.83. The van der Waals surface area contributed by atoms with Crippen molar-refractivity contribution in [2.75, 3.05) is 0 Å². The second-order valence-electron chi connectivity index (χ2n) is 2.17. The molecule has 0 radical (unpaired) electrons. The predicted molar refractivity (Wildman–Crippen MR) is 41.9 cm³/mol. The van der Waals surface area contributed by atoms with Gasteiger partial charge < -0.3 is 11.5 Å². The van der Waals surface area contributed by atoms with Crippen LogP contribution in [0.1, 0.15) is 6.42 Å². The maximum absolute atomic E-state index is 5.67. The molecule has 1 unspecified atom stereocenters. The molecule has 0 amide bonds. The molecule has 1 aliphatic carbocycles. The first-order chi connectivity index (χ1) is 4.10. The molecule has 0 aromatic carbocycles. The van der Waals surface area contributed by atoms with Gasteiger partial charge in [0.05, 0.1) is 4.45 Å². The maximum atomic E-state index is 5.67. The van der Waals surface area contributed by atoms with E-state index in [4.69, 9.17) is 11.5 Å². The number of hydrogen-bond donors (Lipinski definition) is 2. The summed E-state index contributed by atoms with van der Waals surface area (Å²) in [5.74, 6) is 0. The molecule has 4 N–H and O–H groups in total. The number of nitrogens with two attached hydrogens (primary N) is 2. The summed E-state index contributed by atoms with van der Waals surface area (Å²) in [5, 5.41) is 0. The lowest BCUT2D eigenvalue weighted by Gasteiger charge is -2.18. The summed E-state index contributed by atoms with van der Waals surface area (Å²) in [5.41, 5.74) is 11.9. The van der Waals surface area contributed by atoms with Crippen LogP contribution in [0, 0.1) is 0 Å². The molecular formula is C6H9BrN2. The Hall–Kier alpha value is -0.280. The van der Waals surface area contributed by atoms with Gasteiger partial charge in [0.15, 0.2) is 0 Å². The second-order valence-corrected chi connectivity index (χ2v) is 3.64. The molecule has 0 spiro atoms. The molecule has 9 heavy (non-hydrogen) atoms. The summed E-state index contributed by atoms with van der Waals surface area (Å²) in [4.78, 5) is 0. The Bertz CT molecular complexity index is 170. The van der Waals surface area contributed by atoms with Crippen LogP contribution in [-0.2, 0) is 0 Å². The third kappa shape index (κ3) is 1.84. The summed E-state index contributed by atoms with van der Waals surface area (Å²) >= 11 is 3.31. The minimum atomic E-state index is -0.365.